The van der Waals surface area contributed by atoms with Gasteiger partial charge in [0.25, 0.3) is 5.91 Å². The fraction of sp³-hybridized carbons (Fsp3) is 0.483. The van der Waals surface area contributed by atoms with Gasteiger partial charge in [0.15, 0.2) is 0 Å². The fourth-order valence-electron chi connectivity index (χ4n) is 5.23. The van der Waals surface area contributed by atoms with Crippen LogP contribution in [-0.4, -0.2) is 59.0 Å². The molecule has 2 heterocycles. The molecule has 2 aliphatic heterocycles. The van der Waals surface area contributed by atoms with Gasteiger partial charge in [0.2, 0.25) is 11.8 Å². The van der Waals surface area contributed by atoms with Crippen LogP contribution in [0.1, 0.15) is 67.6 Å². The van der Waals surface area contributed by atoms with Crippen molar-refractivity contribution in [2.24, 2.45) is 5.92 Å². The maximum atomic E-state index is 14.0. The third kappa shape index (κ3) is 5.31. The van der Waals surface area contributed by atoms with E-state index in [1.54, 1.807) is 11.0 Å². The Hall–Kier alpha value is -3.19. The summed E-state index contributed by atoms with van der Waals surface area (Å²) in [6.45, 7) is 9.03. The zero-order valence-electron chi connectivity index (χ0n) is 21.7. The molecule has 0 unspecified atom stereocenters. The van der Waals surface area contributed by atoms with Crippen LogP contribution < -0.4 is 5.32 Å². The molecule has 0 aliphatic carbocycles. The number of carbonyl (C=O) groups excluding carboxylic acids is 3. The van der Waals surface area contributed by atoms with E-state index in [1.165, 1.54) is 0 Å². The van der Waals surface area contributed by atoms with Crippen molar-refractivity contribution < 1.29 is 19.1 Å². The van der Waals surface area contributed by atoms with Gasteiger partial charge in [0.1, 0.15) is 11.8 Å². The van der Waals surface area contributed by atoms with Gasteiger partial charge in [0.05, 0.1) is 12.6 Å². The number of nitrogens with zero attached hydrogens (tertiary/aromatic N) is 2. The Bertz CT molecular complexity index is 1090. The number of hydrogen-bond acceptors (Lipinski definition) is 4. The van der Waals surface area contributed by atoms with E-state index in [4.69, 9.17) is 4.74 Å². The van der Waals surface area contributed by atoms with Gasteiger partial charge < -0.3 is 15.0 Å². The molecule has 0 radical (unpaired) electrons. The van der Waals surface area contributed by atoms with Crippen molar-refractivity contribution in [2.45, 2.75) is 64.8 Å². The number of carbonyl (C=O) groups is 3. The van der Waals surface area contributed by atoms with Gasteiger partial charge in [0, 0.05) is 37.9 Å². The van der Waals surface area contributed by atoms with Crippen LogP contribution in [0.15, 0.2) is 54.6 Å². The number of aryl methyl sites for hydroxylation is 1. The molecule has 2 aromatic carbocycles. The first-order valence-corrected chi connectivity index (χ1v) is 12.9. The summed E-state index contributed by atoms with van der Waals surface area (Å²) in [5.74, 6) is -0.0286. The van der Waals surface area contributed by atoms with E-state index < -0.39 is 11.8 Å². The summed E-state index contributed by atoms with van der Waals surface area (Å²) in [7, 11) is 0. The largest absolute Gasteiger partial charge is 0.353 e. The quantitative estimate of drug-likeness (QED) is 0.661. The number of amides is 3. The van der Waals surface area contributed by atoms with Crippen molar-refractivity contribution in [1.82, 2.24) is 15.1 Å². The van der Waals surface area contributed by atoms with Crippen molar-refractivity contribution in [3.8, 4) is 0 Å². The smallest absolute Gasteiger partial charge is 0.257 e. The van der Waals surface area contributed by atoms with Gasteiger partial charge in [-0.25, -0.2) is 0 Å². The predicted molar refractivity (Wildman–Crippen MR) is 138 cm³/mol. The lowest BCUT2D eigenvalue weighted by molar-refractivity contribution is -0.144. The second kappa shape index (κ2) is 10.8. The van der Waals surface area contributed by atoms with Crippen LogP contribution in [0.4, 0.5) is 0 Å². The first-order valence-electron chi connectivity index (χ1n) is 12.9. The number of ether oxygens (including phenoxy) is 1. The first kappa shape index (κ1) is 25.9. The number of rotatable bonds is 6. The number of hydrogen-bond donors (Lipinski definition) is 1. The Kier molecular flexibility index (Phi) is 7.79. The van der Waals surface area contributed by atoms with Crippen molar-refractivity contribution >= 4 is 17.7 Å². The molecule has 4 rings (SSSR count). The highest BCUT2D eigenvalue weighted by atomic mass is 16.5. The molecule has 0 bridgehead atoms. The van der Waals surface area contributed by atoms with Crippen LogP contribution in [0.3, 0.4) is 0 Å². The summed E-state index contributed by atoms with van der Waals surface area (Å²) in [5, 5.41) is 3.08. The monoisotopic (exact) mass is 491 g/mol. The number of likely N-dealkylation sites (tertiary alicyclic amines) is 1. The highest BCUT2D eigenvalue weighted by Crippen LogP contribution is 2.39. The highest BCUT2D eigenvalue weighted by Gasteiger charge is 2.54. The standard InChI is InChI=1S/C29H37N3O4/c1-20(2)18-26(33)31-16-14-29(15-17-31)32(28(35)24-13-9-8-10-21(24)3)25(19-36-29)27(34)30-22(4)23-11-6-5-7-12-23/h5-13,20,22,25H,14-19H2,1-4H3,(H,30,34)/t22-,25-/m0/s1. The zero-order chi connectivity index (χ0) is 25.9. The van der Waals surface area contributed by atoms with Crippen molar-refractivity contribution in [1.29, 1.82) is 0 Å². The van der Waals surface area contributed by atoms with Crippen LogP contribution in [0.25, 0.3) is 0 Å². The van der Waals surface area contributed by atoms with Gasteiger partial charge >= 0.3 is 0 Å². The Morgan fingerprint density at radius 3 is 2.28 bits per heavy atom. The maximum absolute atomic E-state index is 14.0. The average Bonchev–Trinajstić information content (AvgIpc) is 3.23. The molecule has 2 fully saturated rings. The van der Waals surface area contributed by atoms with Gasteiger partial charge in [-0.2, -0.15) is 0 Å². The van der Waals surface area contributed by atoms with Crippen LogP contribution in [-0.2, 0) is 14.3 Å². The topological polar surface area (TPSA) is 79.0 Å². The summed E-state index contributed by atoms with van der Waals surface area (Å²) in [4.78, 5) is 43.7. The van der Waals surface area contributed by atoms with Gasteiger partial charge in [-0.3, -0.25) is 19.3 Å². The molecule has 2 atom stereocenters. The molecule has 36 heavy (non-hydrogen) atoms. The van der Waals surface area contributed by atoms with E-state index in [0.29, 0.717) is 37.9 Å². The van der Waals surface area contributed by atoms with E-state index in [9.17, 15) is 14.4 Å². The molecule has 0 saturated carbocycles. The summed E-state index contributed by atoms with van der Waals surface area (Å²) < 4.78 is 6.31. The average molecular weight is 492 g/mol. The molecule has 0 aromatic heterocycles. The summed E-state index contributed by atoms with van der Waals surface area (Å²) >= 11 is 0. The first-order chi connectivity index (χ1) is 17.2. The van der Waals surface area contributed by atoms with E-state index in [2.05, 4.69) is 5.32 Å². The van der Waals surface area contributed by atoms with Gasteiger partial charge in [-0.15, -0.1) is 0 Å². The Balaban J connectivity index is 1.58. The minimum Gasteiger partial charge on any atom is -0.353 e. The van der Waals surface area contributed by atoms with E-state index in [0.717, 1.165) is 11.1 Å². The molecule has 2 aliphatic rings. The Morgan fingerprint density at radius 1 is 1.00 bits per heavy atom. The molecule has 7 heteroatoms. The number of piperidine rings is 1. The molecule has 2 aromatic rings. The van der Waals surface area contributed by atoms with Crippen LogP contribution in [0.2, 0.25) is 0 Å². The maximum Gasteiger partial charge on any atom is 0.257 e. The molecular formula is C29H37N3O4. The molecule has 1 N–H and O–H groups in total. The van der Waals surface area contributed by atoms with Crippen molar-refractivity contribution in [3.63, 3.8) is 0 Å². The third-order valence-electron chi connectivity index (χ3n) is 7.30. The predicted octanol–water partition coefficient (Wildman–Crippen LogP) is 4.08. The van der Waals surface area contributed by atoms with Crippen molar-refractivity contribution in [3.05, 3.63) is 71.3 Å². The second-order valence-electron chi connectivity index (χ2n) is 10.4. The second-order valence-corrected chi connectivity index (χ2v) is 10.4. The molecular weight excluding hydrogens is 454 g/mol. The SMILES string of the molecule is Cc1ccccc1C(=O)N1[C@H](C(=O)N[C@@H](C)c2ccccc2)COC12CCN(C(=O)CC(C)C)CC2. The van der Waals surface area contributed by atoms with Gasteiger partial charge in [-0.1, -0.05) is 62.4 Å². The lowest BCUT2D eigenvalue weighted by atomic mass is 9.95. The number of nitrogens with one attached hydrogen (secondary N) is 1. The number of benzene rings is 2. The van der Waals surface area contributed by atoms with E-state index in [-0.39, 0.29) is 36.3 Å². The molecule has 2 saturated heterocycles. The minimum absolute atomic E-state index is 0.126. The summed E-state index contributed by atoms with van der Waals surface area (Å²) in [6.07, 6.45) is 1.46. The summed E-state index contributed by atoms with van der Waals surface area (Å²) in [5.41, 5.74) is 1.50. The highest BCUT2D eigenvalue weighted by molar-refractivity contribution is 5.99. The van der Waals surface area contributed by atoms with E-state index >= 15 is 0 Å². The normalized spacial score (nSPS) is 20.0. The molecule has 7 nitrogen and oxygen atoms in total. The fourth-order valence-corrected chi connectivity index (χ4v) is 5.23. The van der Waals surface area contributed by atoms with Crippen LogP contribution in [0, 0.1) is 12.8 Å². The third-order valence-corrected chi connectivity index (χ3v) is 7.30. The van der Waals surface area contributed by atoms with Crippen LogP contribution >= 0.6 is 0 Å². The lowest BCUT2D eigenvalue weighted by Gasteiger charge is -2.44. The Labute approximate surface area is 213 Å². The van der Waals surface area contributed by atoms with E-state index in [1.807, 2.05) is 81.1 Å². The zero-order valence-corrected chi connectivity index (χ0v) is 21.7. The minimum atomic E-state index is -0.911. The Morgan fingerprint density at radius 2 is 1.64 bits per heavy atom. The molecule has 3 amide bonds. The lowest BCUT2D eigenvalue weighted by Crippen LogP contribution is -2.60. The molecule has 192 valence electrons. The van der Waals surface area contributed by atoms with Crippen LogP contribution in [0.5, 0.6) is 0 Å². The van der Waals surface area contributed by atoms with Crippen molar-refractivity contribution in [2.75, 3.05) is 19.7 Å². The summed E-state index contributed by atoms with van der Waals surface area (Å²) in [6, 6.07) is 16.2. The van der Waals surface area contributed by atoms with Gasteiger partial charge in [-0.05, 0) is 37.0 Å². The molecule has 1 spiro atoms.